The molecule has 0 atom stereocenters. The number of benzene rings is 1. The van der Waals surface area contributed by atoms with Crippen LogP contribution in [0.1, 0.15) is 12.6 Å². The summed E-state index contributed by atoms with van der Waals surface area (Å²) < 4.78 is 2.72. The molecule has 2 amide bonds. The van der Waals surface area contributed by atoms with Crippen molar-refractivity contribution in [2.75, 3.05) is 12.4 Å². The van der Waals surface area contributed by atoms with E-state index in [4.69, 9.17) is 11.6 Å². The minimum absolute atomic E-state index is 0.213. The number of halogens is 2. The molecule has 0 fully saturated rings. The maximum atomic E-state index is 12.1. The SMILES string of the molecule is CCn1cc(Br)c(CN(C)C(=O)Nc2cccc(Cl)c2)n1. The quantitative estimate of drug-likeness (QED) is 0.883. The van der Waals surface area contributed by atoms with E-state index < -0.39 is 0 Å². The van der Waals surface area contributed by atoms with E-state index in [1.54, 1.807) is 36.2 Å². The number of aromatic nitrogens is 2. The highest BCUT2D eigenvalue weighted by Gasteiger charge is 2.14. The molecule has 112 valence electrons. The molecule has 0 saturated heterocycles. The van der Waals surface area contributed by atoms with Crippen molar-refractivity contribution in [1.29, 1.82) is 0 Å². The van der Waals surface area contributed by atoms with Gasteiger partial charge in [-0.1, -0.05) is 17.7 Å². The first-order chi connectivity index (χ1) is 9.99. The molecule has 0 unspecified atom stereocenters. The number of nitrogens with zero attached hydrogens (tertiary/aromatic N) is 3. The number of anilines is 1. The normalized spacial score (nSPS) is 10.5. The highest BCUT2D eigenvalue weighted by molar-refractivity contribution is 9.10. The lowest BCUT2D eigenvalue weighted by Crippen LogP contribution is -2.31. The number of hydrogen-bond acceptors (Lipinski definition) is 2. The van der Waals surface area contributed by atoms with Crippen LogP contribution in [0.2, 0.25) is 5.02 Å². The average Bonchev–Trinajstić information content (AvgIpc) is 2.79. The Balaban J connectivity index is 2.00. The van der Waals surface area contributed by atoms with Crippen molar-refractivity contribution in [1.82, 2.24) is 14.7 Å². The van der Waals surface area contributed by atoms with Crippen molar-refractivity contribution < 1.29 is 4.79 Å². The summed E-state index contributed by atoms with van der Waals surface area (Å²) >= 11 is 9.35. The standard InChI is InChI=1S/C14H16BrClN4O/c1-3-20-8-12(15)13(18-20)9-19(2)14(21)17-11-6-4-5-10(16)7-11/h4-8H,3,9H2,1-2H3,(H,17,21). The van der Waals surface area contributed by atoms with E-state index in [0.29, 0.717) is 17.3 Å². The van der Waals surface area contributed by atoms with Gasteiger partial charge in [-0.25, -0.2) is 4.79 Å². The summed E-state index contributed by atoms with van der Waals surface area (Å²) in [6.07, 6.45) is 1.90. The van der Waals surface area contributed by atoms with Crippen molar-refractivity contribution in [2.45, 2.75) is 20.0 Å². The average molecular weight is 372 g/mol. The number of rotatable bonds is 4. The molecule has 0 spiro atoms. The molecule has 0 aliphatic carbocycles. The van der Waals surface area contributed by atoms with Gasteiger partial charge in [0.15, 0.2) is 0 Å². The molecule has 2 rings (SSSR count). The lowest BCUT2D eigenvalue weighted by atomic mass is 10.3. The van der Waals surface area contributed by atoms with Gasteiger partial charge in [0.05, 0.1) is 16.7 Å². The molecular weight excluding hydrogens is 356 g/mol. The van der Waals surface area contributed by atoms with Crippen LogP contribution in [0, 0.1) is 0 Å². The fraction of sp³-hybridized carbons (Fsp3) is 0.286. The van der Waals surface area contributed by atoms with Crippen molar-refractivity contribution in [2.24, 2.45) is 0 Å². The molecular formula is C14H16BrClN4O. The van der Waals surface area contributed by atoms with Gasteiger partial charge in [0.25, 0.3) is 0 Å². The van der Waals surface area contributed by atoms with E-state index in [1.807, 2.05) is 17.8 Å². The molecule has 5 nitrogen and oxygen atoms in total. The van der Waals surface area contributed by atoms with Gasteiger partial charge in [-0.05, 0) is 41.1 Å². The Bertz CT molecular complexity index is 644. The maximum absolute atomic E-state index is 12.1. The first kappa shape index (κ1) is 15.9. The fourth-order valence-corrected chi connectivity index (χ4v) is 2.42. The zero-order chi connectivity index (χ0) is 15.4. The summed E-state index contributed by atoms with van der Waals surface area (Å²) in [7, 11) is 1.72. The number of urea groups is 1. The number of carbonyl (C=O) groups excluding carboxylic acids is 1. The number of nitrogens with one attached hydrogen (secondary N) is 1. The summed E-state index contributed by atoms with van der Waals surface area (Å²) in [4.78, 5) is 13.7. The predicted octanol–water partition coefficient (Wildman–Crippen LogP) is 3.98. The molecule has 2 aromatic rings. The van der Waals surface area contributed by atoms with Gasteiger partial charge in [0.1, 0.15) is 0 Å². The number of carbonyl (C=O) groups is 1. The Kier molecular flexibility index (Phi) is 5.25. The zero-order valence-electron chi connectivity index (χ0n) is 11.8. The molecule has 1 aromatic heterocycles. The van der Waals surface area contributed by atoms with Gasteiger partial charge < -0.3 is 10.2 Å². The van der Waals surface area contributed by atoms with Crippen LogP contribution in [0.15, 0.2) is 34.9 Å². The van der Waals surface area contributed by atoms with Gasteiger partial charge >= 0.3 is 6.03 Å². The summed E-state index contributed by atoms with van der Waals surface area (Å²) in [5, 5.41) is 7.78. The fourth-order valence-electron chi connectivity index (χ4n) is 1.79. The molecule has 0 aliphatic heterocycles. The summed E-state index contributed by atoms with van der Waals surface area (Å²) in [6, 6.07) is 6.83. The largest absolute Gasteiger partial charge is 0.322 e. The minimum Gasteiger partial charge on any atom is -0.322 e. The Hall–Kier alpha value is -1.53. The zero-order valence-corrected chi connectivity index (χ0v) is 14.1. The van der Waals surface area contributed by atoms with Gasteiger partial charge in [0, 0.05) is 30.5 Å². The number of aryl methyl sites for hydroxylation is 1. The molecule has 1 N–H and O–H groups in total. The van der Waals surface area contributed by atoms with Crippen molar-refractivity contribution in [3.63, 3.8) is 0 Å². The molecule has 0 radical (unpaired) electrons. The number of hydrogen-bond donors (Lipinski definition) is 1. The van der Waals surface area contributed by atoms with Crippen molar-refractivity contribution >= 4 is 39.2 Å². The van der Waals surface area contributed by atoms with E-state index in [0.717, 1.165) is 16.7 Å². The summed E-state index contributed by atoms with van der Waals surface area (Å²) in [6.45, 7) is 3.22. The monoisotopic (exact) mass is 370 g/mol. The molecule has 0 aliphatic rings. The third-order valence-corrected chi connectivity index (χ3v) is 3.82. The molecule has 1 heterocycles. The molecule has 7 heteroatoms. The first-order valence-corrected chi connectivity index (χ1v) is 7.66. The van der Waals surface area contributed by atoms with Crippen LogP contribution in [0.4, 0.5) is 10.5 Å². The van der Waals surface area contributed by atoms with Crippen LogP contribution in [0.5, 0.6) is 0 Å². The van der Waals surface area contributed by atoms with Crippen molar-refractivity contribution in [3.05, 3.63) is 45.7 Å². The third kappa shape index (κ3) is 4.22. The Labute approximate surface area is 137 Å². The van der Waals surface area contributed by atoms with Crippen LogP contribution in [0.3, 0.4) is 0 Å². The summed E-state index contributed by atoms with van der Waals surface area (Å²) in [5.74, 6) is 0. The second-order valence-corrected chi connectivity index (χ2v) is 5.87. The topological polar surface area (TPSA) is 50.2 Å². The van der Waals surface area contributed by atoms with Crippen LogP contribution in [0.25, 0.3) is 0 Å². The van der Waals surface area contributed by atoms with Crippen molar-refractivity contribution in [3.8, 4) is 0 Å². The van der Waals surface area contributed by atoms with Crippen LogP contribution < -0.4 is 5.32 Å². The van der Waals surface area contributed by atoms with Gasteiger partial charge in [0.2, 0.25) is 0 Å². The third-order valence-electron chi connectivity index (χ3n) is 2.92. The molecule has 21 heavy (non-hydrogen) atoms. The molecule has 0 bridgehead atoms. The highest BCUT2D eigenvalue weighted by Crippen LogP contribution is 2.18. The predicted molar refractivity (Wildman–Crippen MR) is 87.5 cm³/mol. The Morgan fingerprint density at radius 2 is 2.29 bits per heavy atom. The molecule has 0 saturated carbocycles. The Morgan fingerprint density at radius 1 is 1.52 bits per heavy atom. The molecule has 1 aromatic carbocycles. The van der Waals surface area contributed by atoms with E-state index in [9.17, 15) is 4.79 Å². The smallest absolute Gasteiger partial charge is 0.321 e. The van der Waals surface area contributed by atoms with Gasteiger partial charge in [-0.15, -0.1) is 0 Å². The first-order valence-electron chi connectivity index (χ1n) is 6.49. The van der Waals surface area contributed by atoms with Gasteiger partial charge in [-0.2, -0.15) is 5.10 Å². The Morgan fingerprint density at radius 3 is 2.90 bits per heavy atom. The van der Waals surface area contributed by atoms with E-state index in [-0.39, 0.29) is 6.03 Å². The van der Waals surface area contributed by atoms with E-state index in [2.05, 4.69) is 26.3 Å². The minimum atomic E-state index is -0.213. The lowest BCUT2D eigenvalue weighted by molar-refractivity contribution is 0.220. The second-order valence-electron chi connectivity index (χ2n) is 4.58. The lowest BCUT2D eigenvalue weighted by Gasteiger charge is -2.17. The summed E-state index contributed by atoms with van der Waals surface area (Å²) in [5.41, 5.74) is 1.48. The van der Waals surface area contributed by atoms with E-state index >= 15 is 0 Å². The van der Waals surface area contributed by atoms with Crippen LogP contribution in [-0.4, -0.2) is 27.8 Å². The van der Waals surface area contributed by atoms with Crippen LogP contribution >= 0.6 is 27.5 Å². The van der Waals surface area contributed by atoms with Gasteiger partial charge in [-0.3, -0.25) is 4.68 Å². The highest BCUT2D eigenvalue weighted by atomic mass is 79.9. The second kappa shape index (κ2) is 6.95. The van der Waals surface area contributed by atoms with E-state index in [1.165, 1.54) is 0 Å². The maximum Gasteiger partial charge on any atom is 0.321 e. The van der Waals surface area contributed by atoms with Crippen LogP contribution in [-0.2, 0) is 13.1 Å². The number of amides is 2.